The molecule has 8 atom stereocenters. The Bertz CT molecular complexity index is 962. The first-order valence-corrected chi connectivity index (χ1v) is 11.7. The molecule has 1 N–H and O–H groups in total. The number of ether oxygens (including phenoxy) is 1. The number of fused-ring (bicyclic) bond motifs is 5. The fraction of sp³-hybridized carbons (Fsp3) is 0.708. The monoisotopic (exact) mass is 468 g/mol. The van der Waals surface area contributed by atoms with Crippen LogP contribution in [0.15, 0.2) is 23.5 Å². The van der Waals surface area contributed by atoms with E-state index in [0.717, 1.165) is 6.08 Å². The average molecular weight is 469 g/mol. The van der Waals surface area contributed by atoms with Crippen LogP contribution in [0.5, 0.6) is 0 Å². The van der Waals surface area contributed by atoms with E-state index in [1.54, 1.807) is 13.8 Å². The molecule has 0 amide bonds. The molecule has 3 saturated carbocycles. The first-order chi connectivity index (χ1) is 14.8. The molecule has 4 unspecified atom stereocenters. The van der Waals surface area contributed by atoms with Gasteiger partial charge in [-0.1, -0.05) is 20.8 Å². The quantitative estimate of drug-likeness (QED) is 0.467. The van der Waals surface area contributed by atoms with Crippen LogP contribution in [-0.4, -0.2) is 39.4 Å². The number of hydrogen-bond acceptors (Lipinski definition) is 5. The van der Waals surface area contributed by atoms with Gasteiger partial charge in [-0.25, -0.2) is 8.78 Å². The molecule has 3 fully saturated rings. The highest BCUT2D eigenvalue weighted by Gasteiger charge is 2.76. The molecular weight excluding hydrogens is 438 g/mol. The second-order valence-electron chi connectivity index (χ2n) is 10.4. The van der Waals surface area contributed by atoms with Crippen LogP contribution in [0, 0.1) is 28.6 Å². The lowest BCUT2D eigenvalue weighted by Gasteiger charge is -2.61. The maximum Gasteiger partial charge on any atom is 0.306 e. The fourth-order valence-electron chi connectivity index (χ4n) is 7.47. The maximum absolute atomic E-state index is 17.1. The average Bonchev–Trinajstić information content (AvgIpc) is 2.94. The molecule has 4 aliphatic carbocycles. The lowest BCUT2D eigenvalue weighted by atomic mass is 9.44. The van der Waals surface area contributed by atoms with Gasteiger partial charge in [-0.15, -0.1) is 12.6 Å². The Morgan fingerprint density at radius 1 is 1.22 bits per heavy atom. The minimum absolute atomic E-state index is 0.0233. The van der Waals surface area contributed by atoms with Gasteiger partial charge in [0, 0.05) is 29.7 Å². The standard InChI is InChI=1S/C24H30F2O5S/c1-5-19(29)31-24(20(30)32)12(2)8-14-15-11-17(25)16-9-13(27)10-18(28)22(16,4)23(15,26)7-6-21(14,24)3/h9-10,12,14-15,17,27H,5-8,11H2,1-4H3,(H,30,32)/t12?,14-,15-,17?,21-,22+,23?,24?/m0/s1. The van der Waals surface area contributed by atoms with Gasteiger partial charge in [-0.3, -0.25) is 14.4 Å². The molecule has 0 bridgehead atoms. The summed E-state index contributed by atoms with van der Waals surface area (Å²) in [6, 6.07) is 0. The number of thiol groups is 1. The number of alkyl halides is 2. The summed E-state index contributed by atoms with van der Waals surface area (Å²) in [5.74, 6) is -3.33. The van der Waals surface area contributed by atoms with E-state index >= 15 is 8.78 Å². The smallest absolute Gasteiger partial charge is 0.306 e. The number of esters is 1. The van der Waals surface area contributed by atoms with E-state index < -0.39 is 62.9 Å². The SMILES string of the molecule is CCC(=O)OC1(C(=O)S)C(C)C[C@H]2[C@@H]3CC(F)C4=CC(O)=CC(=O)[C@]4(C)C3(F)CC[C@@]21C. The lowest BCUT2D eigenvalue weighted by molar-refractivity contribution is -0.202. The summed E-state index contributed by atoms with van der Waals surface area (Å²) in [6.07, 6.45) is 0.902. The van der Waals surface area contributed by atoms with Crippen LogP contribution in [0.4, 0.5) is 8.78 Å². The normalized spacial score (nSPS) is 47.5. The Labute approximate surface area is 192 Å². The maximum atomic E-state index is 17.1. The molecule has 176 valence electrons. The molecule has 0 saturated heterocycles. The minimum Gasteiger partial charge on any atom is -0.508 e. The van der Waals surface area contributed by atoms with Crippen molar-refractivity contribution >= 4 is 29.5 Å². The van der Waals surface area contributed by atoms with Crippen molar-refractivity contribution in [2.75, 3.05) is 0 Å². The van der Waals surface area contributed by atoms with E-state index in [2.05, 4.69) is 12.6 Å². The van der Waals surface area contributed by atoms with Crippen molar-refractivity contribution in [1.29, 1.82) is 0 Å². The van der Waals surface area contributed by atoms with Crippen molar-refractivity contribution in [2.45, 2.75) is 77.2 Å². The third kappa shape index (κ3) is 2.59. The Hall–Kier alpha value is -1.70. The summed E-state index contributed by atoms with van der Waals surface area (Å²) in [5.41, 5.74) is -6.28. The number of carbonyl (C=O) groups excluding carboxylic acids is 3. The second-order valence-corrected chi connectivity index (χ2v) is 10.8. The highest BCUT2D eigenvalue weighted by atomic mass is 32.1. The predicted octanol–water partition coefficient (Wildman–Crippen LogP) is 4.61. The number of aliphatic hydroxyl groups excluding tert-OH is 1. The number of allylic oxidation sites excluding steroid dienone is 3. The van der Waals surface area contributed by atoms with Crippen molar-refractivity contribution in [3.8, 4) is 0 Å². The predicted molar refractivity (Wildman–Crippen MR) is 116 cm³/mol. The van der Waals surface area contributed by atoms with Gasteiger partial charge in [0.1, 0.15) is 17.6 Å². The van der Waals surface area contributed by atoms with E-state index in [-0.39, 0.29) is 37.0 Å². The van der Waals surface area contributed by atoms with E-state index in [4.69, 9.17) is 4.74 Å². The van der Waals surface area contributed by atoms with Crippen molar-refractivity contribution in [1.82, 2.24) is 0 Å². The molecule has 8 heteroatoms. The Kier molecular flexibility index (Phi) is 5.24. The van der Waals surface area contributed by atoms with E-state index in [0.29, 0.717) is 6.42 Å². The molecule has 4 aliphatic rings. The van der Waals surface area contributed by atoms with Gasteiger partial charge in [0.25, 0.3) is 0 Å². The molecule has 4 rings (SSSR count). The van der Waals surface area contributed by atoms with Crippen LogP contribution in [0.25, 0.3) is 0 Å². The molecule has 0 heterocycles. The van der Waals surface area contributed by atoms with Gasteiger partial charge in [0.2, 0.25) is 5.12 Å². The summed E-state index contributed by atoms with van der Waals surface area (Å²) >= 11 is 4.11. The molecule has 0 radical (unpaired) electrons. The van der Waals surface area contributed by atoms with Crippen LogP contribution in [0.2, 0.25) is 0 Å². The van der Waals surface area contributed by atoms with E-state index in [1.165, 1.54) is 13.0 Å². The first kappa shape index (κ1) is 23.5. The van der Waals surface area contributed by atoms with Gasteiger partial charge in [-0.05, 0) is 50.2 Å². The van der Waals surface area contributed by atoms with Gasteiger partial charge < -0.3 is 9.84 Å². The van der Waals surface area contributed by atoms with Crippen molar-refractivity contribution in [3.05, 3.63) is 23.5 Å². The highest BCUT2D eigenvalue weighted by Crippen LogP contribution is 2.71. The Morgan fingerprint density at radius 3 is 2.47 bits per heavy atom. The van der Waals surface area contributed by atoms with Crippen LogP contribution in [-0.2, 0) is 19.1 Å². The zero-order valence-corrected chi connectivity index (χ0v) is 19.7. The summed E-state index contributed by atoms with van der Waals surface area (Å²) in [7, 11) is 0. The second kappa shape index (κ2) is 7.15. The number of ketones is 1. The minimum atomic E-state index is -2.05. The third-order valence-corrected chi connectivity index (χ3v) is 9.55. The largest absolute Gasteiger partial charge is 0.508 e. The van der Waals surface area contributed by atoms with Gasteiger partial charge in [0.15, 0.2) is 11.4 Å². The molecule has 0 aliphatic heterocycles. The summed E-state index contributed by atoms with van der Waals surface area (Å²) < 4.78 is 38.3. The number of hydrogen-bond donors (Lipinski definition) is 2. The van der Waals surface area contributed by atoms with Crippen molar-refractivity contribution < 1.29 is 33.0 Å². The molecular formula is C24H30F2O5S. The summed E-state index contributed by atoms with van der Waals surface area (Å²) in [5, 5.41) is 9.29. The molecule has 5 nitrogen and oxygen atoms in total. The fourth-order valence-corrected chi connectivity index (χ4v) is 8.00. The summed E-state index contributed by atoms with van der Waals surface area (Å²) in [4.78, 5) is 38.2. The topological polar surface area (TPSA) is 80.7 Å². The molecule has 32 heavy (non-hydrogen) atoms. The van der Waals surface area contributed by atoms with Crippen LogP contribution >= 0.6 is 12.6 Å². The number of carbonyl (C=O) groups is 3. The molecule has 0 aromatic rings. The van der Waals surface area contributed by atoms with Crippen LogP contribution < -0.4 is 0 Å². The van der Waals surface area contributed by atoms with Gasteiger partial charge in [0.05, 0.1) is 5.41 Å². The molecule has 0 aromatic heterocycles. The molecule has 0 spiro atoms. The number of aliphatic hydroxyl groups is 1. The van der Waals surface area contributed by atoms with E-state index in [9.17, 15) is 19.5 Å². The first-order valence-electron chi connectivity index (χ1n) is 11.2. The van der Waals surface area contributed by atoms with Crippen molar-refractivity contribution in [3.63, 3.8) is 0 Å². The highest BCUT2D eigenvalue weighted by molar-refractivity contribution is 7.96. The molecule has 0 aromatic carbocycles. The van der Waals surface area contributed by atoms with Gasteiger partial charge >= 0.3 is 5.97 Å². The lowest BCUT2D eigenvalue weighted by Crippen LogP contribution is -2.67. The van der Waals surface area contributed by atoms with Gasteiger partial charge in [-0.2, -0.15) is 0 Å². The van der Waals surface area contributed by atoms with Crippen molar-refractivity contribution in [2.24, 2.45) is 28.6 Å². The zero-order valence-electron chi connectivity index (χ0n) is 18.8. The Morgan fingerprint density at radius 2 is 1.88 bits per heavy atom. The number of rotatable bonds is 3. The zero-order chi connectivity index (χ0) is 23.9. The van der Waals surface area contributed by atoms with E-state index in [1.807, 2.05) is 6.92 Å². The number of halogens is 2. The Balaban J connectivity index is 1.84. The third-order valence-electron chi connectivity index (χ3n) is 9.21. The van der Waals surface area contributed by atoms with Crippen LogP contribution in [0.3, 0.4) is 0 Å². The van der Waals surface area contributed by atoms with Crippen LogP contribution in [0.1, 0.15) is 59.8 Å². The summed E-state index contributed by atoms with van der Waals surface area (Å²) in [6.45, 7) is 6.66.